The molecule has 0 aromatic carbocycles. The van der Waals surface area contributed by atoms with Crippen LogP contribution in [0.15, 0.2) is 18.3 Å². The smallest absolute Gasteiger partial charge is 0.128 e. The first-order valence-electron chi connectivity index (χ1n) is 6.81. The summed E-state index contributed by atoms with van der Waals surface area (Å²) < 4.78 is 0. The lowest BCUT2D eigenvalue weighted by atomic mass is 10.2. The number of piperazine rings is 1. The molecule has 1 aliphatic rings. The highest BCUT2D eigenvalue weighted by Gasteiger charge is 2.15. The zero-order valence-electron chi connectivity index (χ0n) is 12.1. The van der Waals surface area contributed by atoms with Crippen molar-refractivity contribution in [1.29, 1.82) is 0 Å². The van der Waals surface area contributed by atoms with Crippen molar-refractivity contribution in [2.24, 2.45) is 0 Å². The predicted octanol–water partition coefficient (Wildman–Crippen LogP) is 1.75. The Hall–Kier alpha value is -0.840. The lowest BCUT2D eigenvalue weighted by molar-refractivity contribution is 0.199. The Morgan fingerprint density at radius 2 is 2.26 bits per heavy atom. The van der Waals surface area contributed by atoms with Gasteiger partial charge in [-0.25, -0.2) is 4.98 Å². The zero-order valence-corrected chi connectivity index (χ0v) is 12.9. The first-order valence-corrected chi connectivity index (χ1v) is 6.81. The van der Waals surface area contributed by atoms with Crippen molar-refractivity contribution in [2.75, 3.05) is 38.1 Å². The van der Waals surface area contributed by atoms with Gasteiger partial charge in [0, 0.05) is 52.0 Å². The number of rotatable bonds is 4. The van der Waals surface area contributed by atoms with E-state index >= 15 is 0 Å². The molecule has 1 N–H and O–H groups in total. The Bertz CT molecular complexity index is 368. The third-order valence-electron chi connectivity index (χ3n) is 3.53. The minimum Gasteiger partial charge on any atom is -0.360 e. The highest BCUT2D eigenvalue weighted by molar-refractivity contribution is 5.85. The maximum atomic E-state index is 4.52. The van der Waals surface area contributed by atoms with Gasteiger partial charge in [-0.05, 0) is 25.5 Å². The van der Waals surface area contributed by atoms with Crippen molar-refractivity contribution in [1.82, 2.24) is 15.2 Å². The lowest BCUT2D eigenvalue weighted by Crippen LogP contribution is -2.48. The molecule has 0 aliphatic carbocycles. The van der Waals surface area contributed by atoms with E-state index in [0.717, 1.165) is 38.5 Å². The molecule has 2 rings (SSSR count). The summed E-state index contributed by atoms with van der Waals surface area (Å²) in [6.07, 6.45) is 2.01. The van der Waals surface area contributed by atoms with Gasteiger partial charge in [0.25, 0.3) is 0 Å². The molecule has 1 fully saturated rings. The third kappa shape index (κ3) is 4.64. The second-order valence-electron chi connectivity index (χ2n) is 5.13. The Kier molecular flexibility index (Phi) is 6.55. The van der Waals surface area contributed by atoms with Crippen molar-refractivity contribution < 1.29 is 0 Å². The molecular weight excluding hydrogens is 260 g/mol. The number of hydrogen-bond acceptors (Lipinski definition) is 4. The molecule has 1 unspecified atom stereocenters. The summed E-state index contributed by atoms with van der Waals surface area (Å²) in [6, 6.07) is 4.91. The second kappa shape index (κ2) is 7.68. The Morgan fingerprint density at radius 3 is 2.84 bits per heavy atom. The van der Waals surface area contributed by atoms with Gasteiger partial charge in [-0.15, -0.1) is 12.4 Å². The first-order chi connectivity index (χ1) is 8.69. The van der Waals surface area contributed by atoms with E-state index in [1.165, 1.54) is 5.56 Å². The SMILES string of the molecule is CCN(C)c1ccc(CN2CCNC(C)C2)cn1.Cl. The maximum Gasteiger partial charge on any atom is 0.128 e. The van der Waals surface area contributed by atoms with E-state index in [2.05, 4.69) is 53.1 Å². The molecule has 0 bridgehead atoms. The van der Waals surface area contributed by atoms with Crippen LogP contribution < -0.4 is 10.2 Å². The van der Waals surface area contributed by atoms with Crippen LogP contribution in [0.1, 0.15) is 19.4 Å². The molecule has 19 heavy (non-hydrogen) atoms. The van der Waals surface area contributed by atoms with Crippen molar-refractivity contribution in [3.63, 3.8) is 0 Å². The normalized spacial score (nSPS) is 19.8. The molecule has 4 nitrogen and oxygen atoms in total. The average molecular weight is 285 g/mol. The molecule has 108 valence electrons. The van der Waals surface area contributed by atoms with Gasteiger partial charge in [0.15, 0.2) is 0 Å². The van der Waals surface area contributed by atoms with Crippen molar-refractivity contribution >= 4 is 18.2 Å². The van der Waals surface area contributed by atoms with Crippen LogP contribution in [0.4, 0.5) is 5.82 Å². The second-order valence-corrected chi connectivity index (χ2v) is 5.13. The van der Waals surface area contributed by atoms with Crippen molar-refractivity contribution in [2.45, 2.75) is 26.4 Å². The number of hydrogen-bond donors (Lipinski definition) is 1. The van der Waals surface area contributed by atoms with Gasteiger partial charge < -0.3 is 10.2 Å². The highest BCUT2D eigenvalue weighted by Crippen LogP contribution is 2.11. The molecule has 1 saturated heterocycles. The number of halogens is 1. The van der Waals surface area contributed by atoms with Crippen molar-refractivity contribution in [3.8, 4) is 0 Å². The molecule has 0 saturated carbocycles. The van der Waals surface area contributed by atoms with Crippen LogP contribution in [0.5, 0.6) is 0 Å². The highest BCUT2D eigenvalue weighted by atomic mass is 35.5. The van der Waals surface area contributed by atoms with Gasteiger partial charge in [-0.1, -0.05) is 6.07 Å². The van der Waals surface area contributed by atoms with E-state index in [1.54, 1.807) is 0 Å². The van der Waals surface area contributed by atoms with Crippen LogP contribution in [0.2, 0.25) is 0 Å². The quantitative estimate of drug-likeness (QED) is 0.913. The fourth-order valence-electron chi connectivity index (χ4n) is 2.31. The molecule has 2 heterocycles. The van der Waals surface area contributed by atoms with Crippen LogP contribution in [-0.4, -0.2) is 49.2 Å². The maximum absolute atomic E-state index is 4.52. The van der Waals surface area contributed by atoms with Gasteiger partial charge in [0.05, 0.1) is 0 Å². The Balaban J connectivity index is 0.00000180. The van der Waals surface area contributed by atoms with Crippen LogP contribution in [0.3, 0.4) is 0 Å². The minimum absolute atomic E-state index is 0. The molecule has 0 amide bonds. The minimum atomic E-state index is 0. The van der Waals surface area contributed by atoms with Gasteiger partial charge in [-0.2, -0.15) is 0 Å². The van der Waals surface area contributed by atoms with Gasteiger partial charge in [0.2, 0.25) is 0 Å². The molecule has 1 atom stereocenters. The number of aromatic nitrogens is 1. The van der Waals surface area contributed by atoms with Crippen molar-refractivity contribution in [3.05, 3.63) is 23.9 Å². The molecule has 1 aromatic heterocycles. The standard InChI is InChI=1S/C14H24N4.ClH/c1-4-17(3)14-6-5-13(9-16-14)11-18-8-7-15-12(2)10-18;/h5-6,9,12,15H,4,7-8,10-11H2,1-3H3;1H. The van der Waals surface area contributed by atoms with Crippen LogP contribution in [0, 0.1) is 0 Å². The van der Waals surface area contributed by atoms with Crippen LogP contribution >= 0.6 is 12.4 Å². The van der Waals surface area contributed by atoms with Gasteiger partial charge in [0.1, 0.15) is 5.82 Å². The van der Waals surface area contributed by atoms with E-state index < -0.39 is 0 Å². The zero-order chi connectivity index (χ0) is 13.0. The van der Waals surface area contributed by atoms with Crippen LogP contribution in [0.25, 0.3) is 0 Å². The first kappa shape index (κ1) is 16.2. The van der Waals surface area contributed by atoms with Gasteiger partial charge in [-0.3, -0.25) is 4.90 Å². The van der Waals surface area contributed by atoms with E-state index in [4.69, 9.17) is 0 Å². The number of nitrogens with one attached hydrogen (secondary N) is 1. The molecule has 1 aromatic rings. The van der Waals surface area contributed by atoms with E-state index in [0.29, 0.717) is 6.04 Å². The monoisotopic (exact) mass is 284 g/mol. The number of anilines is 1. The number of nitrogens with zero attached hydrogens (tertiary/aromatic N) is 3. The largest absolute Gasteiger partial charge is 0.360 e. The molecule has 5 heteroatoms. The summed E-state index contributed by atoms with van der Waals surface area (Å²) in [5.41, 5.74) is 1.30. The fraction of sp³-hybridized carbons (Fsp3) is 0.643. The topological polar surface area (TPSA) is 31.4 Å². The van der Waals surface area contributed by atoms with Crippen LogP contribution in [-0.2, 0) is 6.54 Å². The number of pyridine rings is 1. The molecular formula is C14H25ClN4. The summed E-state index contributed by atoms with van der Waals surface area (Å²) in [6.45, 7) is 9.71. The Morgan fingerprint density at radius 1 is 1.47 bits per heavy atom. The van der Waals surface area contributed by atoms with Gasteiger partial charge >= 0.3 is 0 Å². The Labute approximate surface area is 122 Å². The molecule has 0 radical (unpaired) electrons. The summed E-state index contributed by atoms with van der Waals surface area (Å²) in [7, 11) is 2.07. The third-order valence-corrected chi connectivity index (χ3v) is 3.53. The van der Waals surface area contributed by atoms with E-state index in [-0.39, 0.29) is 12.4 Å². The summed E-state index contributed by atoms with van der Waals surface area (Å²) in [5.74, 6) is 1.05. The van der Waals surface area contributed by atoms with E-state index in [1.807, 2.05) is 6.20 Å². The summed E-state index contributed by atoms with van der Waals surface area (Å²) in [5, 5.41) is 3.47. The lowest BCUT2D eigenvalue weighted by Gasteiger charge is -2.31. The fourth-order valence-corrected chi connectivity index (χ4v) is 2.31. The average Bonchev–Trinajstić information content (AvgIpc) is 2.39. The molecule has 1 aliphatic heterocycles. The summed E-state index contributed by atoms with van der Waals surface area (Å²) in [4.78, 5) is 9.15. The predicted molar refractivity (Wildman–Crippen MR) is 83.2 cm³/mol. The summed E-state index contributed by atoms with van der Waals surface area (Å²) >= 11 is 0. The van der Waals surface area contributed by atoms with E-state index in [9.17, 15) is 0 Å². The molecule has 0 spiro atoms.